The highest BCUT2D eigenvalue weighted by molar-refractivity contribution is 6.62. The van der Waals surface area contributed by atoms with Crippen LogP contribution < -0.4 is 5.46 Å². The Bertz CT molecular complexity index is 1540. The lowest BCUT2D eigenvalue weighted by Crippen LogP contribution is -2.34. The second kappa shape index (κ2) is 8.26. The van der Waals surface area contributed by atoms with E-state index in [2.05, 4.69) is 75.9 Å². The fourth-order valence-corrected chi connectivity index (χ4v) is 4.38. The Morgan fingerprint density at radius 2 is 1.37 bits per heavy atom. The van der Waals surface area contributed by atoms with Gasteiger partial charge < -0.3 is 9.31 Å². The van der Waals surface area contributed by atoms with Crippen LogP contribution in [0.5, 0.6) is 0 Å². The van der Waals surface area contributed by atoms with Gasteiger partial charge in [0.2, 0.25) is 0 Å². The van der Waals surface area contributed by atoms with Crippen molar-refractivity contribution in [2.45, 2.75) is 19.4 Å². The summed E-state index contributed by atoms with van der Waals surface area (Å²) >= 11 is 0. The van der Waals surface area contributed by atoms with Crippen LogP contribution in [0.25, 0.3) is 39.2 Å². The molecule has 35 heavy (non-hydrogen) atoms. The van der Waals surface area contributed by atoms with Crippen LogP contribution in [0.3, 0.4) is 0 Å². The summed E-state index contributed by atoms with van der Waals surface area (Å²) < 4.78 is 14.0. The molecule has 0 N–H and O–H groups in total. The zero-order valence-electron chi connectivity index (χ0n) is 19.7. The highest BCUT2D eigenvalue weighted by atomic mass is 16.7. The third-order valence-electron chi connectivity index (χ3n) is 6.43. The van der Waals surface area contributed by atoms with Crippen LogP contribution in [0.15, 0.2) is 109 Å². The second-order valence-corrected chi connectivity index (χ2v) is 9.21. The smallest absolute Gasteiger partial charge is 0.534 e. The van der Waals surface area contributed by atoms with Crippen molar-refractivity contribution in [3.05, 3.63) is 109 Å². The third kappa shape index (κ3) is 3.82. The highest BCUT2D eigenvalue weighted by Crippen LogP contribution is 2.32. The number of aromatic nitrogens is 3. The van der Waals surface area contributed by atoms with Crippen molar-refractivity contribution in [3.8, 4) is 28.5 Å². The van der Waals surface area contributed by atoms with Gasteiger partial charge in [-0.2, -0.15) is 0 Å². The monoisotopic (exact) mass is 457 g/mol. The molecule has 5 aromatic rings. The lowest BCUT2D eigenvalue weighted by molar-refractivity contribution is 0.173. The van der Waals surface area contributed by atoms with Gasteiger partial charge in [0.15, 0.2) is 11.6 Å². The number of rotatable bonds is 4. The van der Waals surface area contributed by atoms with Crippen LogP contribution in [-0.4, -0.2) is 27.5 Å². The van der Waals surface area contributed by atoms with Crippen LogP contribution >= 0.6 is 0 Å². The van der Waals surface area contributed by atoms with E-state index in [1.165, 1.54) is 0 Å². The molecule has 0 unspecified atom stereocenters. The number of hydrogen-bond donors (Lipinski definition) is 0. The van der Waals surface area contributed by atoms with Gasteiger partial charge in [0.1, 0.15) is 5.60 Å². The lowest BCUT2D eigenvalue weighted by Gasteiger charge is -2.15. The van der Waals surface area contributed by atoms with Gasteiger partial charge in [-0.1, -0.05) is 85.4 Å². The summed E-state index contributed by atoms with van der Waals surface area (Å²) in [4.78, 5) is 0. The summed E-state index contributed by atoms with van der Waals surface area (Å²) in [6.45, 7) is 7.92. The minimum absolute atomic E-state index is 0.448. The van der Waals surface area contributed by atoms with Crippen molar-refractivity contribution >= 4 is 23.4 Å². The van der Waals surface area contributed by atoms with Gasteiger partial charge >= 0.3 is 7.12 Å². The van der Waals surface area contributed by atoms with Crippen molar-refractivity contribution in [3.63, 3.8) is 0 Å². The Labute approximate surface area is 204 Å². The van der Waals surface area contributed by atoms with E-state index in [-0.39, 0.29) is 0 Å². The Balaban J connectivity index is 1.43. The Morgan fingerprint density at radius 1 is 0.743 bits per heavy atom. The number of nitrogens with zero attached hydrogens (tertiary/aromatic N) is 3. The maximum atomic E-state index is 6.06. The van der Waals surface area contributed by atoms with E-state index < -0.39 is 12.7 Å². The van der Waals surface area contributed by atoms with Crippen LogP contribution in [0, 0.1) is 0 Å². The minimum Gasteiger partial charge on any atom is -0.534 e. The van der Waals surface area contributed by atoms with Crippen molar-refractivity contribution in [2.24, 2.45) is 0 Å². The van der Waals surface area contributed by atoms with Crippen molar-refractivity contribution < 1.29 is 9.31 Å². The molecule has 0 bridgehead atoms. The number of para-hydroxylation sites is 1. The van der Waals surface area contributed by atoms with Gasteiger partial charge in [0, 0.05) is 16.8 Å². The molecule has 1 aliphatic heterocycles. The van der Waals surface area contributed by atoms with E-state index in [9.17, 15) is 0 Å². The summed E-state index contributed by atoms with van der Waals surface area (Å²) in [5.74, 6) is 2.24. The van der Waals surface area contributed by atoms with Crippen molar-refractivity contribution in [2.75, 3.05) is 0 Å². The molecule has 0 radical (unpaired) electrons. The summed E-state index contributed by atoms with van der Waals surface area (Å²) in [7, 11) is -0.448. The first-order chi connectivity index (χ1) is 17.0. The molecule has 1 fully saturated rings. The maximum absolute atomic E-state index is 6.06. The average molecular weight is 457 g/mol. The normalized spacial score (nSPS) is 14.9. The fourth-order valence-electron chi connectivity index (χ4n) is 4.38. The van der Waals surface area contributed by atoms with E-state index >= 15 is 0 Å². The Hall–Kier alpha value is -4.16. The molecule has 0 aliphatic carbocycles. The molecule has 2 heterocycles. The van der Waals surface area contributed by atoms with E-state index in [0.717, 1.165) is 44.7 Å². The highest BCUT2D eigenvalue weighted by Gasteiger charge is 2.42. The van der Waals surface area contributed by atoms with E-state index in [4.69, 9.17) is 9.31 Å². The third-order valence-corrected chi connectivity index (χ3v) is 6.43. The summed E-state index contributed by atoms with van der Waals surface area (Å²) in [5.41, 5.74) is 3.49. The lowest BCUT2D eigenvalue weighted by atomic mass is 9.78. The maximum Gasteiger partial charge on any atom is 0.563 e. The molecule has 0 amide bonds. The van der Waals surface area contributed by atoms with E-state index in [1.807, 2.05) is 56.3 Å². The predicted octanol–water partition coefficient (Wildman–Crippen LogP) is 5.79. The van der Waals surface area contributed by atoms with E-state index in [1.54, 1.807) is 0 Å². The number of fused-ring (bicyclic) bond motifs is 1. The molecular weight excluding hydrogens is 433 g/mol. The molecule has 0 saturated carbocycles. The van der Waals surface area contributed by atoms with Crippen LogP contribution in [0.1, 0.15) is 13.8 Å². The molecular formula is C29H24BN3O2. The molecule has 6 rings (SSSR count). The summed E-state index contributed by atoms with van der Waals surface area (Å²) in [6.07, 6.45) is 0. The van der Waals surface area contributed by atoms with Gasteiger partial charge in [0.05, 0.1) is 5.76 Å². The molecule has 5 nitrogen and oxygen atoms in total. The average Bonchev–Trinajstić information content (AvgIpc) is 3.45. The zero-order chi connectivity index (χ0) is 24.0. The van der Waals surface area contributed by atoms with Crippen molar-refractivity contribution in [1.82, 2.24) is 14.8 Å². The number of hydrogen-bond acceptors (Lipinski definition) is 4. The fraction of sp³-hybridized carbons (Fsp3) is 0.103. The van der Waals surface area contributed by atoms with Crippen LogP contribution in [0.2, 0.25) is 0 Å². The van der Waals surface area contributed by atoms with Gasteiger partial charge in [0.25, 0.3) is 0 Å². The predicted molar refractivity (Wildman–Crippen MR) is 141 cm³/mol. The van der Waals surface area contributed by atoms with Gasteiger partial charge in [-0.3, -0.25) is 4.57 Å². The second-order valence-electron chi connectivity index (χ2n) is 9.21. The Morgan fingerprint density at radius 3 is 2.06 bits per heavy atom. The largest absolute Gasteiger partial charge is 0.563 e. The topological polar surface area (TPSA) is 49.2 Å². The summed E-state index contributed by atoms with van der Waals surface area (Å²) in [6, 6.07) is 32.9. The first kappa shape index (κ1) is 21.4. The van der Waals surface area contributed by atoms with Gasteiger partial charge in [-0.05, 0) is 48.3 Å². The molecule has 0 spiro atoms. The van der Waals surface area contributed by atoms with Gasteiger partial charge in [-0.25, -0.2) is 0 Å². The first-order valence-electron chi connectivity index (χ1n) is 11.6. The molecule has 170 valence electrons. The van der Waals surface area contributed by atoms with E-state index in [0.29, 0.717) is 5.76 Å². The van der Waals surface area contributed by atoms with Crippen LogP contribution in [0.4, 0.5) is 0 Å². The molecule has 1 aliphatic rings. The zero-order valence-corrected chi connectivity index (χ0v) is 19.7. The van der Waals surface area contributed by atoms with Crippen LogP contribution in [-0.2, 0) is 9.31 Å². The number of benzene rings is 4. The summed E-state index contributed by atoms with van der Waals surface area (Å²) in [5, 5.41) is 11.4. The SMILES string of the molecule is C=C1OB(c2ccc3cc(-c4nnc(-c5ccccc5)n4-c4ccccc4)ccc3c2)OC1(C)C. The quantitative estimate of drug-likeness (QED) is 0.321. The van der Waals surface area contributed by atoms with Gasteiger partial charge in [-0.15, -0.1) is 10.2 Å². The molecule has 6 heteroatoms. The molecule has 4 aromatic carbocycles. The molecule has 1 saturated heterocycles. The molecule has 1 aromatic heterocycles. The Kier molecular flexibility index (Phi) is 5.04. The molecule has 0 atom stereocenters. The van der Waals surface area contributed by atoms with Crippen molar-refractivity contribution in [1.29, 1.82) is 0 Å². The standard InChI is InChI=1S/C29H24BN3O2/c1-20-29(2,3)35-30(34-20)25-17-16-22-18-24(15-14-23(22)19-25)28-32-31-27(21-10-6-4-7-11-21)33(28)26-12-8-5-9-13-26/h4-19H,1H2,2-3H3. The minimum atomic E-state index is -0.499. The first-order valence-corrected chi connectivity index (χ1v) is 11.6.